The van der Waals surface area contributed by atoms with Crippen LogP contribution in [0.3, 0.4) is 0 Å². The normalized spacial score (nSPS) is 8.14. The van der Waals surface area contributed by atoms with Gasteiger partial charge in [0, 0.05) is 11.8 Å². The van der Waals surface area contributed by atoms with Crippen LogP contribution in [0.1, 0.15) is 0 Å². The van der Waals surface area contributed by atoms with Crippen molar-refractivity contribution >= 4 is 45.4 Å². The maximum Gasteiger partial charge on any atom is 0.371 e. The van der Waals surface area contributed by atoms with Crippen LogP contribution < -0.4 is 0 Å². The van der Waals surface area contributed by atoms with E-state index < -0.39 is 5.30 Å². The van der Waals surface area contributed by atoms with Gasteiger partial charge in [-0.3, -0.25) is 0 Å². The van der Waals surface area contributed by atoms with Crippen molar-refractivity contribution in [2.24, 2.45) is 0 Å². The molecule has 0 aliphatic carbocycles. The summed E-state index contributed by atoms with van der Waals surface area (Å²) in [7, 11) is 0. The second-order valence-electron chi connectivity index (χ2n) is 0.634. The number of hydrogen-bond acceptors (Lipinski definition) is 3. The van der Waals surface area contributed by atoms with E-state index in [4.69, 9.17) is 5.11 Å². The van der Waals surface area contributed by atoms with Crippen LogP contribution >= 0.6 is 36.6 Å². The summed E-state index contributed by atoms with van der Waals surface area (Å²) in [4.78, 5) is 9.64. The molecule has 0 rings (SSSR count). The zero-order valence-corrected chi connectivity index (χ0v) is 5.65. The van der Waals surface area contributed by atoms with Crippen LogP contribution in [0.4, 0.5) is 4.79 Å². The van der Waals surface area contributed by atoms with Crippen LogP contribution in [0, 0.1) is 0 Å². The summed E-state index contributed by atoms with van der Waals surface area (Å²) in [6, 6.07) is 0. The summed E-state index contributed by atoms with van der Waals surface area (Å²) >= 11 is 8.39. The van der Waals surface area contributed by atoms with Gasteiger partial charge in [-0.2, -0.15) is 0 Å². The molecule has 2 nitrogen and oxygen atoms in total. The van der Waals surface area contributed by atoms with Gasteiger partial charge < -0.3 is 5.11 Å². The van der Waals surface area contributed by atoms with Crippen LogP contribution in [-0.4, -0.2) is 13.9 Å². The van der Waals surface area contributed by atoms with E-state index >= 15 is 0 Å². The van der Waals surface area contributed by atoms with E-state index in [1.54, 1.807) is 0 Å². The molecule has 0 saturated carbocycles. The van der Waals surface area contributed by atoms with Gasteiger partial charge in [0.25, 0.3) is 0 Å². The molecule has 0 radical (unpaired) electrons. The molecule has 40 valence electrons. The number of hydrogen-bond donors (Lipinski definition) is 2. The molecule has 0 aliphatic rings. The van der Waals surface area contributed by atoms with Crippen molar-refractivity contribution in [2.45, 2.75) is 0 Å². The Morgan fingerprint density at radius 3 is 2.29 bits per heavy atom. The van der Waals surface area contributed by atoms with Gasteiger partial charge in [0.1, 0.15) is 3.53 Å². The topological polar surface area (TPSA) is 37.3 Å². The minimum atomic E-state index is -1.01. The lowest BCUT2D eigenvalue weighted by Gasteiger charge is -1.82. The molecular formula is C2H2O2S3. The maximum atomic E-state index is 9.64. The lowest BCUT2D eigenvalue weighted by molar-refractivity contribution is 0.222. The summed E-state index contributed by atoms with van der Waals surface area (Å²) in [5.41, 5.74) is 0. The third kappa shape index (κ3) is 6.26. The lowest BCUT2D eigenvalue weighted by Crippen LogP contribution is -1.84. The zero-order chi connectivity index (χ0) is 5.86. The van der Waals surface area contributed by atoms with Gasteiger partial charge in [-0.05, 0) is 0 Å². The second kappa shape index (κ2) is 3.29. The fourth-order valence-electron chi connectivity index (χ4n) is 0.0747. The Bertz CT molecular complexity index is 87.1. The lowest BCUT2D eigenvalue weighted by atomic mass is 11.6. The summed E-state index contributed by atoms with van der Waals surface area (Å²) in [6.45, 7) is 0. The molecule has 0 aromatic heterocycles. The number of thiol groups is 1. The monoisotopic (exact) mass is 154 g/mol. The molecule has 0 amide bonds. The highest BCUT2D eigenvalue weighted by molar-refractivity contribution is 8.47. The Labute approximate surface area is 55.7 Å². The number of thioether (sulfide) groups is 1. The molecule has 0 unspecified atom stereocenters. The first-order valence-corrected chi connectivity index (χ1v) is 2.94. The summed E-state index contributed by atoms with van der Waals surface area (Å²) in [5, 5.41) is 6.90. The van der Waals surface area contributed by atoms with Crippen molar-refractivity contribution < 1.29 is 9.90 Å². The summed E-state index contributed by atoms with van der Waals surface area (Å²) in [6.07, 6.45) is 0. The third-order valence-corrected chi connectivity index (χ3v) is 1.05. The van der Waals surface area contributed by atoms with Crippen molar-refractivity contribution in [3.05, 3.63) is 0 Å². The first kappa shape index (κ1) is 7.26. The fraction of sp³-hybridized carbons (Fsp3) is 0. The summed E-state index contributed by atoms with van der Waals surface area (Å²) < 4.78 is 0.132. The van der Waals surface area contributed by atoms with Gasteiger partial charge in [-0.15, -0.1) is 12.6 Å². The predicted molar refractivity (Wildman–Crippen MR) is 37.2 cm³/mol. The van der Waals surface area contributed by atoms with Crippen molar-refractivity contribution in [1.29, 1.82) is 0 Å². The predicted octanol–water partition coefficient (Wildman–Crippen LogP) is 1.61. The summed E-state index contributed by atoms with van der Waals surface area (Å²) in [5.74, 6) is 0. The minimum absolute atomic E-state index is 0.132. The van der Waals surface area contributed by atoms with Gasteiger partial charge >= 0.3 is 5.30 Å². The highest BCUT2D eigenvalue weighted by Crippen LogP contribution is 2.06. The number of thiocarbonyl (C=S) groups is 1. The van der Waals surface area contributed by atoms with E-state index in [1.807, 2.05) is 0 Å². The Morgan fingerprint density at radius 1 is 1.86 bits per heavy atom. The maximum absolute atomic E-state index is 9.64. The first-order valence-electron chi connectivity index (χ1n) is 1.26. The molecule has 1 N–H and O–H groups in total. The van der Waals surface area contributed by atoms with E-state index in [9.17, 15) is 4.79 Å². The van der Waals surface area contributed by atoms with E-state index in [2.05, 4.69) is 24.8 Å². The molecular weight excluding hydrogens is 152 g/mol. The quantitative estimate of drug-likeness (QED) is 0.410. The fourth-order valence-corrected chi connectivity index (χ4v) is 0.672. The Balaban J connectivity index is 3.32. The van der Waals surface area contributed by atoms with Crippen LogP contribution in [0.15, 0.2) is 0 Å². The van der Waals surface area contributed by atoms with Gasteiger partial charge in [-0.25, -0.2) is 4.79 Å². The first-order chi connectivity index (χ1) is 3.13. The van der Waals surface area contributed by atoms with Gasteiger partial charge in [0.15, 0.2) is 0 Å². The van der Waals surface area contributed by atoms with E-state index in [1.165, 1.54) is 0 Å². The van der Waals surface area contributed by atoms with Crippen molar-refractivity contribution in [3.8, 4) is 0 Å². The smallest absolute Gasteiger partial charge is 0.371 e. The van der Waals surface area contributed by atoms with Gasteiger partial charge in [0.05, 0.1) is 0 Å². The van der Waals surface area contributed by atoms with Crippen LogP contribution in [0.5, 0.6) is 0 Å². The molecule has 0 saturated heterocycles. The number of carbonyl (C=O) groups is 1. The molecule has 0 fully saturated rings. The molecule has 0 aromatic rings. The zero-order valence-electron chi connectivity index (χ0n) is 3.12. The molecule has 0 aromatic carbocycles. The Hall–Kier alpha value is 0.260. The van der Waals surface area contributed by atoms with E-state index in [0.29, 0.717) is 11.8 Å². The molecule has 0 heterocycles. The number of rotatable bonds is 0. The average molecular weight is 154 g/mol. The molecule has 0 spiro atoms. The Kier molecular flexibility index (Phi) is 3.41. The van der Waals surface area contributed by atoms with Crippen LogP contribution in [0.25, 0.3) is 0 Å². The number of carboxylic acid groups (broad SMARTS) is 1. The second-order valence-corrected chi connectivity index (χ2v) is 3.31. The molecule has 0 atom stereocenters. The average Bonchev–Trinajstić information content (AvgIpc) is 1.27. The molecule has 5 heteroatoms. The SMILES string of the molecule is O=C(O)SC(=S)S. The molecule has 7 heavy (non-hydrogen) atoms. The third-order valence-electron chi connectivity index (χ3n) is 0.175. The van der Waals surface area contributed by atoms with Gasteiger partial charge in [-0.1, -0.05) is 12.2 Å². The van der Waals surface area contributed by atoms with Crippen LogP contribution in [0.2, 0.25) is 0 Å². The minimum Gasteiger partial charge on any atom is -0.473 e. The Morgan fingerprint density at radius 2 is 2.29 bits per heavy atom. The van der Waals surface area contributed by atoms with Gasteiger partial charge in [0.2, 0.25) is 0 Å². The standard InChI is InChI=1S/C2H2O2S3/c3-1(4)7-2(5)6/h(H,3,4)(H,5,6). The van der Waals surface area contributed by atoms with Crippen molar-refractivity contribution in [2.75, 3.05) is 0 Å². The van der Waals surface area contributed by atoms with Crippen LogP contribution in [-0.2, 0) is 0 Å². The highest BCUT2D eigenvalue weighted by atomic mass is 32.2. The van der Waals surface area contributed by atoms with Crippen molar-refractivity contribution in [3.63, 3.8) is 0 Å². The highest BCUT2D eigenvalue weighted by Gasteiger charge is 1.96. The van der Waals surface area contributed by atoms with E-state index in [0.717, 1.165) is 0 Å². The largest absolute Gasteiger partial charge is 0.473 e. The van der Waals surface area contributed by atoms with E-state index in [-0.39, 0.29) is 3.53 Å². The molecule has 0 aliphatic heterocycles. The van der Waals surface area contributed by atoms with Crippen molar-refractivity contribution in [1.82, 2.24) is 0 Å². The molecule has 0 bridgehead atoms.